The third-order valence-corrected chi connectivity index (χ3v) is 3.36. The van der Waals surface area contributed by atoms with Crippen molar-refractivity contribution in [3.8, 4) is 5.75 Å². The van der Waals surface area contributed by atoms with Crippen LogP contribution in [0.2, 0.25) is 5.02 Å². The first kappa shape index (κ1) is 14.8. The molecule has 0 saturated heterocycles. The summed E-state index contributed by atoms with van der Waals surface area (Å²) in [5.41, 5.74) is 1.88. The van der Waals surface area contributed by atoms with Gasteiger partial charge in [0, 0.05) is 23.2 Å². The summed E-state index contributed by atoms with van der Waals surface area (Å²) in [5, 5.41) is 3.75. The molecule has 106 valence electrons. The number of rotatable bonds is 5. The second-order valence-electron chi connectivity index (χ2n) is 4.62. The average molecular weight is 294 g/mol. The van der Waals surface area contributed by atoms with Crippen LogP contribution >= 0.6 is 11.6 Å². The third-order valence-electron chi connectivity index (χ3n) is 3.14. The van der Waals surface area contributed by atoms with Crippen molar-refractivity contribution in [2.24, 2.45) is 0 Å². The molecule has 0 aliphatic rings. The first-order valence-electron chi connectivity index (χ1n) is 6.41. The summed E-state index contributed by atoms with van der Waals surface area (Å²) >= 11 is 5.84. The first-order valence-corrected chi connectivity index (χ1v) is 6.79. The molecule has 0 aromatic heterocycles. The minimum atomic E-state index is -0.320. The maximum Gasteiger partial charge on any atom is 0.125 e. The zero-order valence-corrected chi connectivity index (χ0v) is 12.2. The normalized spacial score (nSPS) is 12.2. The summed E-state index contributed by atoms with van der Waals surface area (Å²) in [4.78, 5) is 0. The molecule has 0 aliphatic carbocycles. The van der Waals surface area contributed by atoms with Gasteiger partial charge in [-0.1, -0.05) is 29.8 Å². The van der Waals surface area contributed by atoms with E-state index in [0.29, 0.717) is 11.6 Å². The van der Waals surface area contributed by atoms with Crippen LogP contribution in [0.25, 0.3) is 0 Å². The van der Waals surface area contributed by atoms with Gasteiger partial charge in [-0.3, -0.25) is 0 Å². The Morgan fingerprint density at radius 2 is 2.00 bits per heavy atom. The van der Waals surface area contributed by atoms with Gasteiger partial charge < -0.3 is 10.1 Å². The van der Waals surface area contributed by atoms with E-state index in [0.717, 1.165) is 16.9 Å². The Kier molecular flexibility index (Phi) is 4.99. The topological polar surface area (TPSA) is 21.3 Å². The lowest BCUT2D eigenvalue weighted by Gasteiger charge is -2.17. The van der Waals surface area contributed by atoms with Crippen LogP contribution < -0.4 is 10.1 Å². The van der Waals surface area contributed by atoms with Crippen molar-refractivity contribution in [1.29, 1.82) is 0 Å². The van der Waals surface area contributed by atoms with Gasteiger partial charge in [0.2, 0.25) is 0 Å². The van der Waals surface area contributed by atoms with Gasteiger partial charge in [-0.2, -0.15) is 0 Å². The smallest absolute Gasteiger partial charge is 0.125 e. The fourth-order valence-electron chi connectivity index (χ4n) is 2.12. The van der Waals surface area contributed by atoms with Crippen molar-refractivity contribution < 1.29 is 9.13 Å². The number of halogens is 2. The Hall–Kier alpha value is -1.58. The van der Waals surface area contributed by atoms with Crippen LogP contribution in [-0.4, -0.2) is 7.11 Å². The van der Waals surface area contributed by atoms with Gasteiger partial charge in [0.25, 0.3) is 0 Å². The molecule has 1 atom stereocenters. The second kappa shape index (κ2) is 6.73. The lowest BCUT2D eigenvalue weighted by molar-refractivity contribution is 0.401. The summed E-state index contributed by atoms with van der Waals surface area (Å²) in [5.74, 6) is 0.518. The van der Waals surface area contributed by atoms with Crippen LogP contribution in [0.4, 0.5) is 4.39 Å². The van der Waals surface area contributed by atoms with Crippen molar-refractivity contribution in [3.63, 3.8) is 0 Å². The number of hydrogen-bond donors (Lipinski definition) is 1. The van der Waals surface area contributed by atoms with Crippen LogP contribution in [0, 0.1) is 5.82 Å². The molecule has 2 rings (SSSR count). The summed E-state index contributed by atoms with van der Waals surface area (Å²) in [6.45, 7) is 2.58. The lowest BCUT2D eigenvalue weighted by Crippen LogP contribution is -2.18. The SMILES string of the molecule is COc1ccccc1[C@@H](C)NCc1cc(F)cc(Cl)c1. The average Bonchev–Trinajstić information content (AvgIpc) is 2.43. The zero-order valence-electron chi connectivity index (χ0n) is 11.5. The van der Waals surface area contributed by atoms with E-state index in [1.807, 2.05) is 31.2 Å². The molecular formula is C16H17ClFNO. The molecule has 1 N–H and O–H groups in total. The molecule has 0 radical (unpaired) electrons. The molecule has 0 aliphatic heterocycles. The largest absolute Gasteiger partial charge is 0.496 e. The monoisotopic (exact) mass is 293 g/mol. The van der Waals surface area contributed by atoms with Gasteiger partial charge in [-0.15, -0.1) is 0 Å². The van der Waals surface area contributed by atoms with Gasteiger partial charge in [0.1, 0.15) is 11.6 Å². The Morgan fingerprint density at radius 3 is 2.70 bits per heavy atom. The molecular weight excluding hydrogens is 277 g/mol. The van der Waals surface area contributed by atoms with E-state index in [1.54, 1.807) is 13.2 Å². The number of hydrogen-bond acceptors (Lipinski definition) is 2. The van der Waals surface area contributed by atoms with E-state index in [-0.39, 0.29) is 11.9 Å². The van der Waals surface area contributed by atoms with Crippen molar-refractivity contribution in [2.45, 2.75) is 19.5 Å². The highest BCUT2D eigenvalue weighted by Crippen LogP contribution is 2.24. The quantitative estimate of drug-likeness (QED) is 0.885. The molecule has 0 amide bonds. The zero-order chi connectivity index (χ0) is 14.5. The molecule has 20 heavy (non-hydrogen) atoms. The predicted molar refractivity (Wildman–Crippen MR) is 79.7 cm³/mol. The number of nitrogens with one attached hydrogen (secondary N) is 1. The van der Waals surface area contributed by atoms with Crippen LogP contribution in [0.3, 0.4) is 0 Å². The maximum absolute atomic E-state index is 13.3. The highest BCUT2D eigenvalue weighted by atomic mass is 35.5. The van der Waals surface area contributed by atoms with Gasteiger partial charge in [0.15, 0.2) is 0 Å². The summed E-state index contributed by atoms with van der Waals surface area (Å²) < 4.78 is 18.6. The van der Waals surface area contributed by atoms with Crippen LogP contribution in [0.1, 0.15) is 24.1 Å². The number of para-hydroxylation sites is 1. The van der Waals surface area contributed by atoms with Gasteiger partial charge >= 0.3 is 0 Å². The summed E-state index contributed by atoms with van der Waals surface area (Å²) in [7, 11) is 1.65. The molecule has 2 aromatic rings. The molecule has 2 aromatic carbocycles. The minimum absolute atomic E-state index is 0.0909. The van der Waals surface area contributed by atoms with Crippen molar-refractivity contribution in [2.75, 3.05) is 7.11 Å². The van der Waals surface area contributed by atoms with Crippen LogP contribution in [-0.2, 0) is 6.54 Å². The number of ether oxygens (including phenoxy) is 1. The van der Waals surface area contributed by atoms with Gasteiger partial charge in [0.05, 0.1) is 7.11 Å². The Labute approximate surface area is 123 Å². The standard InChI is InChI=1S/C16H17ClFNO/c1-11(15-5-3-4-6-16(15)20-2)19-10-12-7-13(17)9-14(18)8-12/h3-9,11,19H,10H2,1-2H3/t11-/m1/s1. The highest BCUT2D eigenvalue weighted by molar-refractivity contribution is 6.30. The van der Waals surface area contributed by atoms with Crippen molar-refractivity contribution in [1.82, 2.24) is 5.32 Å². The first-order chi connectivity index (χ1) is 9.60. The van der Waals surface area contributed by atoms with Gasteiger partial charge in [-0.25, -0.2) is 4.39 Å². The van der Waals surface area contributed by atoms with E-state index in [4.69, 9.17) is 16.3 Å². The van der Waals surface area contributed by atoms with Crippen molar-refractivity contribution >= 4 is 11.6 Å². The molecule has 2 nitrogen and oxygen atoms in total. The van der Waals surface area contributed by atoms with Gasteiger partial charge in [-0.05, 0) is 36.8 Å². The van der Waals surface area contributed by atoms with Crippen LogP contribution in [0.5, 0.6) is 5.75 Å². The van der Waals surface area contributed by atoms with Crippen molar-refractivity contribution in [3.05, 3.63) is 64.4 Å². The predicted octanol–water partition coefficient (Wildman–Crippen LogP) is 4.34. The highest BCUT2D eigenvalue weighted by Gasteiger charge is 2.10. The lowest BCUT2D eigenvalue weighted by atomic mass is 10.1. The Morgan fingerprint density at radius 1 is 1.25 bits per heavy atom. The van der Waals surface area contributed by atoms with E-state index < -0.39 is 0 Å². The minimum Gasteiger partial charge on any atom is -0.496 e. The molecule has 0 spiro atoms. The Balaban J connectivity index is 2.06. The molecule has 0 bridgehead atoms. The molecule has 0 fully saturated rings. The third kappa shape index (κ3) is 3.71. The fourth-order valence-corrected chi connectivity index (χ4v) is 2.36. The fraction of sp³-hybridized carbons (Fsp3) is 0.250. The second-order valence-corrected chi connectivity index (χ2v) is 5.06. The number of methoxy groups -OCH3 is 1. The number of benzene rings is 2. The molecule has 0 heterocycles. The molecule has 4 heteroatoms. The summed E-state index contributed by atoms with van der Waals surface area (Å²) in [6, 6.07) is 12.5. The molecule has 0 saturated carbocycles. The Bertz CT molecular complexity index is 568. The summed E-state index contributed by atoms with van der Waals surface area (Å²) in [6.07, 6.45) is 0. The van der Waals surface area contributed by atoms with Crippen LogP contribution in [0.15, 0.2) is 42.5 Å². The maximum atomic E-state index is 13.3. The molecule has 0 unspecified atom stereocenters. The van der Waals surface area contributed by atoms with E-state index >= 15 is 0 Å². The van der Waals surface area contributed by atoms with E-state index in [1.165, 1.54) is 12.1 Å². The van der Waals surface area contributed by atoms with E-state index in [9.17, 15) is 4.39 Å². The van der Waals surface area contributed by atoms with E-state index in [2.05, 4.69) is 5.32 Å².